The van der Waals surface area contributed by atoms with E-state index in [1.54, 1.807) is 6.07 Å². The molecular weight excluding hydrogens is 175 g/mol. The van der Waals surface area contributed by atoms with E-state index in [9.17, 15) is 4.39 Å². The molecule has 0 saturated heterocycles. The van der Waals surface area contributed by atoms with Crippen molar-refractivity contribution in [3.63, 3.8) is 0 Å². The summed E-state index contributed by atoms with van der Waals surface area (Å²) >= 11 is 0. The van der Waals surface area contributed by atoms with Crippen molar-refractivity contribution >= 4 is 0 Å². The Morgan fingerprint density at radius 2 is 1.79 bits per heavy atom. The highest BCUT2D eigenvalue weighted by molar-refractivity contribution is 5.38. The molecular formula is C13H17F. The maximum absolute atomic E-state index is 13.5. The van der Waals surface area contributed by atoms with Gasteiger partial charge in [0.1, 0.15) is 5.82 Å². The van der Waals surface area contributed by atoms with Crippen molar-refractivity contribution in [1.82, 2.24) is 0 Å². The van der Waals surface area contributed by atoms with Crippen molar-refractivity contribution in [3.05, 3.63) is 34.6 Å². The first-order chi connectivity index (χ1) is 6.76. The zero-order chi connectivity index (χ0) is 10.1. The Bertz CT molecular complexity index is 337. The summed E-state index contributed by atoms with van der Waals surface area (Å²) in [6, 6.07) is 3.83. The molecule has 0 heterocycles. The first kappa shape index (κ1) is 9.70. The molecule has 2 rings (SSSR count). The third-order valence-corrected chi connectivity index (χ3v) is 3.09. The normalized spacial score (nSPS) is 15.9. The zero-order valence-electron chi connectivity index (χ0n) is 8.94. The predicted molar refractivity (Wildman–Crippen MR) is 57.1 cm³/mol. The average molecular weight is 192 g/mol. The van der Waals surface area contributed by atoms with E-state index in [1.807, 2.05) is 6.92 Å². The van der Waals surface area contributed by atoms with E-state index in [0.717, 1.165) is 24.3 Å². The number of halogens is 1. The highest BCUT2D eigenvalue weighted by atomic mass is 19.1. The van der Waals surface area contributed by atoms with Crippen molar-refractivity contribution in [1.29, 1.82) is 0 Å². The van der Waals surface area contributed by atoms with Crippen molar-refractivity contribution in [2.24, 2.45) is 0 Å². The molecule has 0 unspecified atom stereocenters. The number of aryl methyl sites for hydroxylation is 2. The van der Waals surface area contributed by atoms with Crippen molar-refractivity contribution < 1.29 is 4.39 Å². The van der Waals surface area contributed by atoms with Crippen molar-refractivity contribution in [3.8, 4) is 0 Å². The van der Waals surface area contributed by atoms with Crippen LogP contribution in [0, 0.1) is 5.82 Å². The lowest BCUT2D eigenvalue weighted by Gasteiger charge is -2.10. The molecule has 0 atom stereocenters. The van der Waals surface area contributed by atoms with Crippen LogP contribution in [0.1, 0.15) is 49.3 Å². The quantitative estimate of drug-likeness (QED) is 0.682. The highest BCUT2D eigenvalue weighted by Crippen LogP contribution is 2.42. The van der Waals surface area contributed by atoms with Crippen molar-refractivity contribution in [2.75, 3.05) is 0 Å². The minimum Gasteiger partial charge on any atom is -0.207 e. The van der Waals surface area contributed by atoms with Gasteiger partial charge in [-0.2, -0.15) is 0 Å². The van der Waals surface area contributed by atoms with Crippen LogP contribution in [-0.4, -0.2) is 0 Å². The number of hydrogen-bond acceptors (Lipinski definition) is 0. The van der Waals surface area contributed by atoms with E-state index in [-0.39, 0.29) is 5.82 Å². The first-order valence-electron chi connectivity index (χ1n) is 5.57. The van der Waals surface area contributed by atoms with Gasteiger partial charge < -0.3 is 0 Å². The van der Waals surface area contributed by atoms with Gasteiger partial charge in [0.15, 0.2) is 0 Å². The van der Waals surface area contributed by atoms with E-state index < -0.39 is 0 Å². The lowest BCUT2D eigenvalue weighted by atomic mass is 9.97. The van der Waals surface area contributed by atoms with E-state index in [1.165, 1.54) is 24.0 Å². The average Bonchev–Trinajstić information content (AvgIpc) is 3.01. The minimum absolute atomic E-state index is 0.0197. The fraction of sp³-hybridized carbons (Fsp3) is 0.538. The molecule has 1 aromatic carbocycles. The number of benzene rings is 1. The van der Waals surface area contributed by atoms with Crippen molar-refractivity contribution in [2.45, 2.75) is 45.4 Å². The molecule has 0 bridgehead atoms. The molecule has 0 radical (unpaired) electrons. The molecule has 0 aliphatic heterocycles. The fourth-order valence-electron chi connectivity index (χ4n) is 2.03. The maximum atomic E-state index is 13.5. The van der Waals surface area contributed by atoms with Crippen LogP contribution < -0.4 is 0 Å². The topological polar surface area (TPSA) is 0 Å². The van der Waals surface area contributed by atoms with E-state index in [0.29, 0.717) is 0 Å². The molecule has 0 amide bonds. The van der Waals surface area contributed by atoms with Gasteiger partial charge in [0.25, 0.3) is 0 Å². The second-order valence-corrected chi connectivity index (χ2v) is 4.12. The van der Waals surface area contributed by atoms with Crippen LogP contribution in [0.3, 0.4) is 0 Å². The predicted octanol–water partition coefficient (Wildman–Crippen LogP) is 3.83. The lowest BCUT2D eigenvalue weighted by molar-refractivity contribution is 0.608. The summed E-state index contributed by atoms with van der Waals surface area (Å²) in [5.74, 6) is 0.713. The molecule has 14 heavy (non-hydrogen) atoms. The van der Waals surface area contributed by atoms with Crippen LogP contribution in [0.2, 0.25) is 0 Å². The Labute approximate surface area is 85.1 Å². The summed E-state index contributed by atoms with van der Waals surface area (Å²) in [5, 5.41) is 0. The summed E-state index contributed by atoms with van der Waals surface area (Å²) in [4.78, 5) is 0. The summed E-state index contributed by atoms with van der Waals surface area (Å²) in [6.07, 6.45) is 4.34. The number of rotatable bonds is 3. The molecule has 0 spiro atoms. The van der Waals surface area contributed by atoms with Gasteiger partial charge >= 0.3 is 0 Å². The number of hydrogen-bond donors (Lipinski definition) is 0. The Kier molecular flexibility index (Phi) is 2.58. The summed E-state index contributed by atoms with van der Waals surface area (Å²) in [6.45, 7) is 4.12. The van der Waals surface area contributed by atoms with Gasteiger partial charge in [0.2, 0.25) is 0 Å². The van der Waals surface area contributed by atoms with Crippen LogP contribution in [0.5, 0.6) is 0 Å². The van der Waals surface area contributed by atoms with Gasteiger partial charge in [-0.05, 0) is 54.4 Å². The Morgan fingerprint density at radius 1 is 1.14 bits per heavy atom. The SMILES string of the molecule is CCc1cc(C2CC2)c(CC)cc1F. The molecule has 0 nitrogen and oxygen atoms in total. The van der Waals surface area contributed by atoms with E-state index >= 15 is 0 Å². The van der Waals surface area contributed by atoms with Gasteiger partial charge in [-0.25, -0.2) is 4.39 Å². The zero-order valence-corrected chi connectivity index (χ0v) is 8.94. The summed E-state index contributed by atoms with van der Waals surface area (Å²) < 4.78 is 13.5. The first-order valence-corrected chi connectivity index (χ1v) is 5.57. The van der Waals surface area contributed by atoms with E-state index in [2.05, 4.69) is 13.0 Å². The van der Waals surface area contributed by atoms with Crippen LogP contribution in [0.25, 0.3) is 0 Å². The van der Waals surface area contributed by atoms with Gasteiger partial charge in [-0.15, -0.1) is 0 Å². The lowest BCUT2D eigenvalue weighted by Crippen LogP contribution is -1.97. The van der Waals surface area contributed by atoms with Gasteiger partial charge in [0.05, 0.1) is 0 Å². The maximum Gasteiger partial charge on any atom is 0.126 e. The molecule has 1 saturated carbocycles. The van der Waals surface area contributed by atoms with Crippen LogP contribution in [0.15, 0.2) is 12.1 Å². The van der Waals surface area contributed by atoms with Crippen LogP contribution >= 0.6 is 0 Å². The molecule has 1 fully saturated rings. The highest BCUT2D eigenvalue weighted by Gasteiger charge is 2.26. The standard InChI is InChI=1S/C13H17F/c1-3-9-8-13(14)10(4-2)7-12(9)11-5-6-11/h7-8,11H,3-6H2,1-2H3. The minimum atomic E-state index is -0.0197. The molecule has 1 aromatic rings. The van der Waals surface area contributed by atoms with Crippen LogP contribution in [0.4, 0.5) is 4.39 Å². The molecule has 1 aliphatic rings. The monoisotopic (exact) mass is 192 g/mol. The van der Waals surface area contributed by atoms with Gasteiger partial charge in [-0.3, -0.25) is 0 Å². The van der Waals surface area contributed by atoms with Gasteiger partial charge in [-0.1, -0.05) is 19.9 Å². The largest absolute Gasteiger partial charge is 0.207 e. The third kappa shape index (κ3) is 1.68. The van der Waals surface area contributed by atoms with E-state index in [4.69, 9.17) is 0 Å². The second-order valence-electron chi connectivity index (χ2n) is 4.12. The Hall–Kier alpha value is -0.850. The molecule has 76 valence electrons. The molecule has 1 heteroatoms. The fourth-order valence-corrected chi connectivity index (χ4v) is 2.03. The summed E-state index contributed by atoms with van der Waals surface area (Å²) in [7, 11) is 0. The summed E-state index contributed by atoms with van der Waals surface area (Å²) in [5.41, 5.74) is 3.50. The Balaban J connectivity index is 2.44. The smallest absolute Gasteiger partial charge is 0.126 e. The third-order valence-electron chi connectivity index (χ3n) is 3.09. The molecule has 0 aromatic heterocycles. The molecule has 1 aliphatic carbocycles. The Morgan fingerprint density at radius 3 is 2.29 bits per heavy atom. The molecule has 0 N–H and O–H groups in total. The van der Waals surface area contributed by atoms with Gasteiger partial charge in [0, 0.05) is 0 Å². The second kappa shape index (κ2) is 3.72. The van der Waals surface area contributed by atoms with Crippen LogP contribution in [-0.2, 0) is 12.8 Å².